The van der Waals surface area contributed by atoms with Gasteiger partial charge in [0.1, 0.15) is 4.83 Å². The van der Waals surface area contributed by atoms with Crippen molar-refractivity contribution in [2.24, 2.45) is 5.10 Å². The molecule has 0 bridgehead atoms. The molecule has 7 heteroatoms. The van der Waals surface area contributed by atoms with Gasteiger partial charge in [-0.3, -0.25) is 4.79 Å². The number of benzene rings is 2. The van der Waals surface area contributed by atoms with E-state index < -0.39 is 0 Å². The van der Waals surface area contributed by atoms with Crippen molar-refractivity contribution in [3.8, 4) is 5.69 Å². The Morgan fingerprint density at radius 2 is 1.86 bits per heavy atom. The number of fused-ring (bicyclic) bond motifs is 1. The Morgan fingerprint density at radius 3 is 2.55 bits per heavy atom. The molecule has 4 aromatic rings. The van der Waals surface area contributed by atoms with Crippen LogP contribution in [0.15, 0.2) is 65.8 Å². The number of anilines is 1. The minimum atomic E-state index is -0.230. The first-order valence-corrected chi connectivity index (χ1v) is 10.00. The van der Waals surface area contributed by atoms with Crippen molar-refractivity contribution in [3.05, 3.63) is 76.8 Å². The molecule has 146 valence electrons. The standard InChI is InChI=1S/C22H21N5OS/c1-15-19-13-20(29-22(19)27(25-15)18-7-5-4-6-8-18)21(28)24-23-14-16-9-11-17(12-10-16)26(2)3/h4-14H,1-3H3,(H,24,28). The fraction of sp³-hybridized carbons (Fsp3) is 0.136. The largest absolute Gasteiger partial charge is 0.378 e. The lowest BCUT2D eigenvalue weighted by Gasteiger charge is -2.11. The first kappa shape index (κ1) is 18.9. The number of aromatic nitrogens is 2. The van der Waals surface area contributed by atoms with E-state index in [4.69, 9.17) is 0 Å². The van der Waals surface area contributed by atoms with Gasteiger partial charge in [-0.05, 0) is 42.8 Å². The second-order valence-electron chi connectivity index (χ2n) is 6.85. The van der Waals surface area contributed by atoms with Crippen molar-refractivity contribution in [3.63, 3.8) is 0 Å². The van der Waals surface area contributed by atoms with Crippen LogP contribution in [0.4, 0.5) is 5.69 Å². The normalized spacial score (nSPS) is 11.3. The summed E-state index contributed by atoms with van der Waals surface area (Å²) in [5.74, 6) is -0.230. The zero-order chi connectivity index (χ0) is 20.4. The third-order valence-corrected chi connectivity index (χ3v) is 5.67. The second kappa shape index (κ2) is 7.89. The van der Waals surface area contributed by atoms with Crippen LogP contribution >= 0.6 is 11.3 Å². The monoisotopic (exact) mass is 403 g/mol. The number of hydrogen-bond donors (Lipinski definition) is 1. The summed E-state index contributed by atoms with van der Waals surface area (Å²) in [4.78, 5) is 16.1. The van der Waals surface area contributed by atoms with Gasteiger partial charge in [0.2, 0.25) is 0 Å². The van der Waals surface area contributed by atoms with E-state index in [0.717, 1.165) is 32.8 Å². The molecule has 2 heterocycles. The number of aryl methyl sites for hydroxylation is 1. The Balaban J connectivity index is 1.52. The number of amides is 1. The van der Waals surface area contributed by atoms with Crippen molar-refractivity contribution < 1.29 is 4.79 Å². The number of rotatable bonds is 5. The molecule has 0 atom stereocenters. The summed E-state index contributed by atoms with van der Waals surface area (Å²) in [6.45, 7) is 1.95. The molecular formula is C22H21N5OS. The topological polar surface area (TPSA) is 62.5 Å². The quantitative estimate of drug-likeness (QED) is 0.401. The molecule has 6 nitrogen and oxygen atoms in total. The Bertz CT molecular complexity index is 1170. The van der Waals surface area contributed by atoms with Crippen LogP contribution in [0.25, 0.3) is 15.9 Å². The van der Waals surface area contributed by atoms with Gasteiger partial charge in [0.05, 0.1) is 22.5 Å². The van der Waals surface area contributed by atoms with Gasteiger partial charge in [0, 0.05) is 25.2 Å². The Kier molecular flexibility index (Phi) is 5.14. The number of carbonyl (C=O) groups is 1. The SMILES string of the molecule is Cc1nn(-c2ccccc2)c2sc(C(=O)NN=Cc3ccc(N(C)C)cc3)cc12. The molecule has 0 spiro atoms. The number of hydrogen-bond acceptors (Lipinski definition) is 5. The maximum atomic E-state index is 12.6. The van der Waals surface area contributed by atoms with E-state index in [1.54, 1.807) is 6.21 Å². The molecule has 2 aromatic carbocycles. The van der Waals surface area contributed by atoms with Crippen LogP contribution in [0.3, 0.4) is 0 Å². The Hall–Kier alpha value is -3.45. The predicted octanol–water partition coefficient (Wildman–Crippen LogP) is 4.23. The van der Waals surface area contributed by atoms with Gasteiger partial charge in [0.25, 0.3) is 5.91 Å². The molecule has 0 aliphatic heterocycles. The van der Waals surface area contributed by atoms with E-state index in [9.17, 15) is 4.79 Å². The summed E-state index contributed by atoms with van der Waals surface area (Å²) in [6, 6.07) is 19.7. The van der Waals surface area contributed by atoms with Gasteiger partial charge in [-0.1, -0.05) is 30.3 Å². The van der Waals surface area contributed by atoms with E-state index in [-0.39, 0.29) is 5.91 Å². The maximum Gasteiger partial charge on any atom is 0.281 e. The van der Waals surface area contributed by atoms with Crippen LogP contribution in [-0.4, -0.2) is 36.0 Å². The van der Waals surface area contributed by atoms with Gasteiger partial charge in [-0.2, -0.15) is 10.2 Å². The number of nitrogens with one attached hydrogen (secondary N) is 1. The van der Waals surface area contributed by atoms with Crippen molar-refractivity contribution in [1.82, 2.24) is 15.2 Å². The van der Waals surface area contributed by atoms with E-state index >= 15 is 0 Å². The van der Waals surface area contributed by atoms with Crippen LogP contribution < -0.4 is 10.3 Å². The first-order chi connectivity index (χ1) is 14.0. The first-order valence-electron chi connectivity index (χ1n) is 9.18. The summed E-state index contributed by atoms with van der Waals surface area (Å²) >= 11 is 1.41. The number of hydrazone groups is 1. The lowest BCUT2D eigenvalue weighted by Crippen LogP contribution is -2.16. The van der Waals surface area contributed by atoms with E-state index in [2.05, 4.69) is 15.6 Å². The molecule has 2 aromatic heterocycles. The van der Waals surface area contributed by atoms with Gasteiger partial charge < -0.3 is 4.90 Å². The molecule has 0 radical (unpaired) electrons. The number of para-hydroxylation sites is 1. The fourth-order valence-electron chi connectivity index (χ4n) is 2.98. The van der Waals surface area contributed by atoms with Gasteiger partial charge in [-0.25, -0.2) is 10.1 Å². The molecule has 0 unspecified atom stereocenters. The van der Waals surface area contributed by atoms with Gasteiger partial charge >= 0.3 is 0 Å². The summed E-state index contributed by atoms with van der Waals surface area (Å²) in [6.07, 6.45) is 1.64. The Morgan fingerprint density at radius 1 is 1.14 bits per heavy atom. The molecule has 1 N–H and O–H groups in total. The van der Waals surface area contributed by atoms with Crippen LogP contribution in [-0.2, 0) is 0 Å². The molecule has 0 aliphatic carbocycles. The highest BCUT2D eigenvalue weighted by atomic mass is 32.1. The minimum Gasteiger partial charge on any atom is -0.378 e. The highest BCUT2D eigenvalue weighted by molar-refractivity contribution is 7.20. The average Bonchev–Trinajstić information content (AvgIpc) is 3.30. The third kappa shape index (κ3) is 3.90. The van der Waals surface area contributed by atoms with E-state index in [1.165, 1.54) is 11.3 Å². The summed E-state index contributed by atoms with van der Waals surface area (Å²) in [5, 5.41) is 9.68. The van der Waals surface area contributed by atoms with Crippen molar-refractivity contribution in [2.75, 3.05) is 19.0 Å². The summed E-state index contributed by atoms with van der Waals surface area (Å²) < 4.78 is 1.88. The fourth-order valence-corrected chi connectivity index (χ4v) is 4.06. The summed E-state index contributed by atoms with van der Waals surface area (Å²) in [7, 11) is 3.99. The highest BCUT2D eigenvalue weighted by Gasteiger charge is 2.16. The van der Waals surface area contributed by atoms with Crippen LogP contribution in [0.1, 0.15) is 20.9 Å². The molecule has 0 saturated carbocycles. The van der Waals surface area contributed by atoms with Crippen LogP contribution in [0.5, 0.6) is 0 Å². The van der Waals surface area contributed by atoms with Crippen molar-refractivity contribution in [1.29, 1.82) is 0 Å². The zero-order valence-corrected chi connectivity index (χ0v) is 17.3. The predicted molar refractivity (Wildman–Crippen MR) is 120 cm³/mol. The number of thiophene rings is 1. The van der Waals surface area contributed by atoms with Crippen molar-refractivity contribution >= 4 is 39.4 Å². The molecule has 0 saturated heterocycles. The third-order valence-electron chi connectivity index (χ3n) is 4.56. The van der Waals surface area contributed by atoms with E-state index in [0.29, 0.717) is 4.88 Å². The van der Waals surface area contributed by atoms with Gasteiger partial charge in [0.15, 0.2) is 0 Å². The zero-order valence-electron chi connectivity index (χ0n) is 16.5. The van der Waals surface area contributed by atoms with Gasteiger partial charge in [-0.15, -0.1) is 11.3 Å². The average molecular weight is 404 g/mol. The highest BCUT2D eigenvalue weighted by Crippen LogP contribution is 2.30. The van der Waals surface area contributed by atoms with Crippen molar-refractivity contribution in [2.45, 2.75) is 6.92 Å². The summed E-state index contributed by atoms with van der Waals surface area (Å²) in [5.41, 5.74) is 6.51. The Labute approximate surface area is 173 Å². The molecule has 4 rings (SSSR count). The van der Waals surface area contributed by atoms with E-state index in [1.807, 2.05) is 91.3 Å². The lowest BCUT2D eigenvalue weighted by atomic mass is 10.2. The lowest BCUT2D eigenvalue weighted by molar-refractivity contribution is 0.0959. The smallest absolute Gasteiger partial charge is 0.281 e. The number of nitrogens with zero attached hydrogens (tertiary/aromatic N) is 4. The molecule has 0 fully saturated rings. The minimum absolute atomic E-state index is 0.230. The maximum absolute atomic E-state index is 12.6. The molecule has 1 amide bonds. The number of carbonyl (C=O) groups excluding carboxylic acids is 1. The molecular weight excluding hydrogens is 382 g/mol. The van der Waals surface area contributed by atoms with Crippen LogP contribution in [0, 0.1) is 6.92 Å². The van der Waals surface area contributed by atoms with Crippen LogP contribution in [0.2, 0.25) is 0 Å². The second-order valence-corrected chi connectivity index (χ2v) is 7.88. The molecule has 0 aliphatic rings. The molecule has 29 heavy (non-hydrogen) atoms.